The van der Waals surface area contributed by atoms with Crippen LogP contribution in [0.3, 0.4) is 0 Å². The molecule has 0 unspecified atom stereocenters. The summed E-state index contributed by atoms with van der Waals surface area (Å²) in [5.74, 6) is 3.51. The first-order chi connectivity index (χ1) is 18.2. The molecule has 0 fully saturated rings. The van der Waals surface area contributed by atoms with Gasteiger partial charge < -0.3 is 27.9 Å². The summed E-state index contributed by atoms with van der Waals surface area (Å²) in [5.41, 5.74) is 4.78. The molecule has 8 heteroatoms. The molecule has 2 heterocycles. The van der Waals surface area contributed by atoms with Gasteiger partial charge in [-0.15, -0.1) is 0 Å². The van der Waals surface area contributed by atoms with Gasteiger partial charge in [-0.2, -0.15) is 0 Å². The van der Waals surface area contributed by atoms with E-state index in [0.29, 0.717) is 30.4 Å². The van der Waals surface area contributed by atoms with E-state index in [2.05, 4.69) is 39.1 Å². The van der Waals surface area contributed by atoms with Crippen LogP contribution >= 0.6 is 0 Å². The van der Waals surface area contributed by atoms with Crippen molar-refractivity contribution in [2.24, 2.45) is 0 Å². The standard InChI is InChI=1S/C29H27N3O5/c1-33-22-8-4-20(5-9-22)16-32(17-21-6-10-23(34-2)11-7-21)26-13-27(35-3)25(29-15-31-19-37-29)12-24(26)28-14-30-18-36-28/h4-15,18-19H,16-17H2,1-3H3. The zero-order valence-corrected chi connectivity index (χ0v) is 20.9. The first-order valence-electron chi connectivity index (χ1n) is 11.7. The largest absolute Gasteiger partial charge is 0.497 e. The van der Waals surface area contributed by atoms with Crippen molar-refractivity contribution in [2.75, 3.05) is 26.2 Å². The van der Waals surface area contributed by atoms with Crippen LogP contribution in [0, 0.1) is 0 Å². The molecular formula is C29H27N3O5. The molecule has 188 valence electrons. The van der Waals surface area contributed by atoms with Gasteiger partial charge in [0.2, 0.25) is 0 Å². The second-order valence-corrected chi connectivity index (χ2v) is 8.35. The number of ether oxygens (including phenoxy) is 3. The van der Waals surface area contributed by atoms with Crippen molar-refractivity contribution in [3.05, 3.63) is 97.0 Å². The molecule has 0 saturated heterocycles. The maximum atomic E-state index is 5.80. The second-order valence-electron chi connectivity index (χ2n) is 8.35. The highest BCUT2D eigenvalue weighted by Gasteiger charge is 2.22. The Morgan fingerprint density at radius 1 is 0.649 bits per heavy atom. The lowest BCUT2D eigenvalue weighted by atomic mass is 10.0. The van der Waals surface area contributed by atoms with Gasteiger partial charge in [0.05, 0.1) is 45.0 Å². The molecule has 0 atom stereocenters. The molecule has 0 bridgehead atoms. The Labute approximate surface area is 215 Å². The van der Waals surface area contributed by atoms with Crippen LogP contribution in [0.1, 0.15) is 11.1 Å². The number of hydrogen-bond donors (Lipinski definition) is 0. The Morgan fingerprint density at radius 3 is 1.59 bits per heavy atom. The Bertz CT molecular complexity index is 1360. The molecule has 0 amide bonds. The summed E-state index contributed by atoms with van der Waals surface area (Å²) in [6, 6.07) is 20.1. The van der Waals surface area contributed by atoms with Crippen molar-refractivity contribution in [1.82, 2.24) is 9.97 Å². The third-order valence-electron chi connectivity index (χ3n) is 6.12. The molecule has 0 spiro atoms. The van der Waals surface area contributed by atoms with Gasteiger partial charge in [-0.3, -0.25) is 0 Å². The van der Waals surface area contributed by atoms with Crippen LogP contribution in [-0.4, -0.2) is 31.3 Å². The molecule has 5 rings (SSSR count). The fourth-order valence-electron chi connectivity index (χ4n) is 4.22. The van der Waals surface area contributed by atoms with Crippen LogP contribution in [0.5, 0.6) is 17.2 Å². The van der Waals surface area contributed by atoms with Gasteiger partial charge in [-0.1, -0.05) is 24.3 Å². The lowest BCUT2D eigenvalue weighted by Crippen LogP contribution is -2.23. The Hall–Kier alpha value is -4.72. The molecule has 5 aromatic rings. The number of rotatable bonds is 10. The van der Waals surface area contributed by atoms with Crippen LogP contribution < -0.4 is 19.1 Å². The molecule has 8 nitrogen and oxygen atoms in total. The fraction of sp³-hybridized carbons (Fsp3) is 0.172. The predicted molar refractivity (Wildman–Crippen MR) is 140 cm³/mol. The van der Waals surface area contributed by atoms with E-state index in [0.717, 1.165) is 39.4 Å². The summed E-state index contributed by atoms with van der Waals surface area (Å²) in [4.78, 5) is 10.5. The quantitative estimate of drug-likeness (QED) is 0.225. The average molecular weight is 498 g/mol. The molecule has 37 heavy (non-hydrogen) atoms. The molecule has 3 aromatic carbocycles. The normalized spacial score (nSPS) is 10.8. The number of hydrogen-bond acceptors (Lipinski definition) is 8. The van der Waals surface area contributed by atoms with E-state index >= 15 is 0 Å². The molecular weight excluding hydrogens is 470 g/mol. The van der Waals surface area contributed by atoms with Crippen LogP contribution in [0.4, 0.5) is 5.69 Å². The van der Waals surface area contributed by atoms with Gasteiger partial charge in [-0.05, 0) is 41.5 Å². The van der Waals surface area contributed by atoms with Crippen molar-refractivity contribution in [3.8, 4) is 39.9 Å². The van der Waals surface area contributed by atoms with E-state index < -0.39 is 0 Å². The van der Waals surface area contributed by atoms with Crippen molar-refractivity contribution in [3.63, 3.8) is 0 Å². The van der Waals surface area contributed by atoms with E-state index in [-0.39, 0.29) is 0 Å². The van der Waals surface area contributed by atoms with Crippen LogP contribution in [-0.2, 0) is 13.1 Å². The zero-order chi connectivity index (χ0) is 25.6. The number of methoxy groups -OCH3 is 3. The van der Waals surface area contributed by atoms with E-state index in [4.69, 9.17) is 23.0 Å². The maximum absolute atomic E-state index is 5.80. The summed E-state index contributed by atoms with van der Waals surface area (Å²) in [7, 11) is 4.97. The van der Waals surface area contributed by atoms with Crippen molar-refractivity contribution < 1.29 is 23.0 Å². The minimum absolute atomic E-state index is 0.598. The number of aromatic nitrogens is 2. The van der Waals surface area contributed by atoms with Crippen molar-refractivity contribution in [2.45, 2.75) is 13.1 Å². The zero-order valence-electron chi connectivity index (χ0n) is 20.9. The highest BCUT2D eigenvalue weighted by molar-refractivity contribution is 5.84. The number of nitrogens with zero attached hydrogens (tertiary/aromatic N) is 3. The minimum atomic E-state index is 0.598. The minimum Gasteiger partial charge on any atom is -0.497 e. The van der Waals surface area contributed by atoms with Crippen LogP contribution in [0.15, 0.2) is 94.7 Å². The van der Waals surface area contributed by atoms with E-state index in [1.54, 1.807) is 33.7 Å². The monoisotopic (exact) mass is 497 g/mol. The Balaban J connectivity index is 1.63. The van der Waals surface area contributed by atoms with Crippen molar-refractivity contribution >= 4 is 5.69 Å². The van der Waals surface area contributed by atoms with Crippen LogP contribution in [0.2, 0.25) is 0 Å². The third kappa shape index (κ3) is 5.28. The van der Waals surface area contributed by atoms with Gasteiger partial charge >= 0.3 is 0 Å². The fourth-order valence-corrected chi connectivity index (χ4v) is 4.22. The van der Waals surface area contributed by atoms with E-state index in [1.807, 2.05) is 36.4 Å². The molecule has 0 saturated carbocycles. The van der Waals surface area contributed by atoms with E-state index in [1.165, 1.54) is 12.8 Å². The number of oxazole rings is 2. The number of anilines is 1. The summed E-state index contributed by atoms with van der Waals surface area (Å²) in [6.07, 6.45) is 6.19. The van der Waals surface area contributed by atoms with Gasteiger partial charge in [0.15, 0.2) is 24.3 Å². The van der Waals surface area contributed by atoms with Gasteiger partial charge in [0, 0.05) is 24.7 Å². The molecule has 0 aliphatic carbocycles. The third-order valence-corrected chi connectivity index (χ3v) is 6.12. The topological polar surface area (TPSA) is 83.0 Å². The molecule has 0 radical (unpaired) electrons. The average Bonchev–Trinajstić information content (AvgIpc) is 3.68. The highest BCUT2D eigenvalue weighted by atomic mass is 16.5. The molecule has 2 aromatic heterocycles. The molecule has 0 N–H and O–H groups in total. The lowest BCUT2D eigenvalue weighted by Gasteiger charge is -2.28. The Morgan fingerprint density at radius 2 is 1.16 bits per heavy atom. The lowest BCUT2D eigenvalue weighted by molar-refractivity contribution is 0.414. The smallest absolute Gasteiger partial charge is 0.181 e. The summed E-state index contributed by atoms with van der Waals surface area (Å²) in [6.45, 7) is 1.25. The Kier molecular flexibility index (Phi) is 7.07. The highest BCUT2D eigenvalue weighted by Crippen LogP contribution is 2.42. The summed E-state index contributed by atoms with van der Waals surface area (Å²) in [5, 5.41) is 0. The summed E-state index contributed by atoms with van der Waals surface area (Å²) < 4.78 is 27.8. The predicted octanol–water partition coefficient (Wildman–Crippen LogP) is 6.23. The molecule has 0 aliphatic heterocycles. The van der Waals surface area contributed by atoms with E-state index in [9.17, 15) is 0 Å². The first kappa shape index (κ1) is 24.0. The van der Waals surface area contributed by atoms with Gasteiger partial charge in [-0.25, -0.2) is 9.97 Å². The van der Waals surface area contributed by atoms with Crippen molar-refractivity contribution in [1.29, 1.82) is 0 Å². The SMILES string of the molecule is COc1ccc(CN(Cc2ccc(OC)cc2)c2cc(OC)c(-c3cnco3)cc2-c2cnco2)cc1. The summed E-state index contributed by atoms with van der Waals surface area (Å²) >= 11 is 0. The van der Waals surface area contributed by atoms with Gasteiger partial charge in [0.1, 0.15) is 17.2 Å². The molecule has 0 aliphatic rings. The number of benzene rings is 3. The van der Waals surface area contributed by atoms with Crippen LogP contribution in [0.25, 0.3) is 22.6 Å². The maximum Gasteiger partial charge on any atom is 0.181 e. The second kappa shape index (κ2) is 10.9. The first-order valence-corrected chi connectivity index (χ1v) is 11.7. The van der Waals surface area contributed by atoms with Gasteiger partial charge in [0.25, 0.3) is 0 Å².